The molecule has 0 amide bonds. The van der Waals surface area contributed by atoms with Crippen molar-refractivity contribution in [3.8, 4) is 5.75 Å². The van der Waals surface area contributed by atoms with Gasteiger partial charge in [0.05, 0.1) is 6.10 Å². The van der Waals surface area contributed by atoms with E-state index in [0.717, 1.165) is 16.3 Å². The van der Waals surface area contributed by atoms with Crippen molar-refractivity contribution in [1.82, 2.24) is 0 Å². The standard InChI is InChI=1S/C13H14O2/c1-2-12(14)11-7-8-13(15)10-6-4-3-5-9(10)11/h3-8,12,14-15H,2H2,1H3. The summed E-state index contributed by atoms with van der Waals surface area (Å²) in [5.74, 6) is 0.262. The number of aromatic hydroxyl groups is 1. The van der Waals surface area contributed by atoms with Gasteiger partial charge in [0.25, 0.3) is 0 Å². The maximum atomic E-state index is 9.84. The lowest BCUT2D eigenvalue weighted by atomic mass is 9.98. The third-order valence-corrected chi connectivity index (χ3v) is 2.68. The summed E-state index contributed by atoms with van der Waals surface area (Å²) in [6.45, 7) is 1.94. The SMILES string of the molecule is CCC(O)c1ccc(O)c2ccccc12. The number of aliphatic hydroxyl groups excluding tert-OH is 1. The molecule has 2 aromatic rings. The van der Waals surface area contributed by atoms with Gasteiger partial charge < -0.3 is 10.2 Å². The van der Waals surface area contributed by atoms with E-state index in [1.54, 1.807) is 12.1 Å². The van der Waals surface area contributed by atoms with E-state index in [-0.39, 0.29) is 5.75 Å². The molecule has 2 heteroatoms. The van der Waals surface area contributed by atoms with Crippen LogP contribution in [0.15, 0.2) is 36.4 Å². The Morgan fingerprint density at radius 2 is 1.73 bits per heavy atom. The number of phenols is 1. The molecule has 0 saturated carbocycles. The molecule has 0 bridgehead atoms. The molecule has 2 nitrogen and oxygen atoms in total. The van der Waals surface area contributed by atoms with Gasteiger partial charge in [0.15, 0.2) is 0 Å². The van der Waals surface area contributed by atoms with Gasteiger partial charge in [-0.3, -0.25) is 0 Å². The lowest BCUT2D eigenvalue weighted by Gasteiger charge is -2.12. The average Bonchev–Trinajstić information content (AvgIpc) is 2.29. The second-order valence-electron chi connectivity index (χ2n) is 3.64. The van der Waals surface area contributed by atoms with Crippen molar-refractivity contribution in [2.75, 3.05) is 0 Å². The Hall–Kier alpha value is -1.54. The fourth-order valence-corrected chi connectivity index (χ4v) is 1.82. The lowest BCUT2D eigenvalue weighted by molar-refractivity contribution is 0.175. The van der Waals surface area contributed by atoms with Gasteiger partial charge in [-0.1, -0.05) is 37.3 Å². The summed E-state index contributed by atoms with van der Waals surface area (Å²) in [4.78, 5) is 0. The molecule has 2 aromatic carbocycles. The molecule has 1 unspecified atom stereocenters. The zero-order valence-electron chi connectivity index (χ0n) is 8.64. The van der Waals surface area contributed by atoms with Crippen LogP contribution in [0.3, 0.4) is 0 Å². The molecular weight excluding hydrogens is 188 g/mol. The van der Waals surface area contributed by atoms with Crippen LogP contribution in [0, 0.1) is 0 Å². The van der Waals surface area contributed by atoms with Gasteiger partial charge in [-0.15, -0.1) is 0 Å². The minimum absolute atomic E-state index is 0.262. The molecule has 0 aromatic heterocycles. The Bertz CT molecular complexity index is 477. The molecule has 0 radical (unpaired) electrons. The van der Waals surface area contributed by atoms with Gasteiger partial charge in [0, 0.05) is 5.39 Å². The van der Waals surface area contributed by atoms with Crippen LogP contribution < -0.4 is 0 Å². The van der Waals surface area contributed by atoms with Gasteiger partial charge in [-0.25, -0.2) is 0 Å². The number of aliphatic hydroxyl groups is 1. The summed E-state index contributed by atoms with van der Waals surface area (Å²) in [6.07, 6.45) is 0.213. The van der Waals surface area contributed by atoms with Crippen LogP contribution >= 0.6 is 0 Å². The first-order chi connectivity index (χ1) is 7.24. The summed E-state index contributed by atoms with van der Waals surface area (Å²) < 4.78 is 0. The molecule has 0 aliphatic rings. The number of benzene rings is 2. The first-order valence-corrected chi connectivity index (χ1v) is 5.12. The Morgan fingerprint density at radius 3 is 2.40 bits per heavy atom. The van der Waals surface area contributed by atoms with Crippen LogP contribution in [-0.2, 0) is 0 Å². The van der Waals surface area contributed by atoms with E-state index in [2.05, 4.69) is 0 Å². The first-order valence-electron chi connectivity index (χ1n) is 5.12. The number of hydrogen-bond acceptors (Lipinski definition) is 2. The van der Waals surface area contributed by atoms with Crippen molar-refractivity contribution in [3.63, 3.8) is 0 Å². The summed E-state index contributed by atoms with van der Waals surface area (Å²) in [5, 5.41) is 21.2. The van der Waals surface area contributed by atoms with Crippen molar-refractivity contribution < 1.29 is 10.2 Å². The van der Waals surface area contributed by atoms with Crippen LogP contribution in [0.25, 0.3) is 10.8 Å². The Kier molecular flexibility index (Phi) is 2.60. The van der Waals surface area contributed by atoms with Crippen LogP contribution in [0.5, 0.6) is 5.75 Å². The van der Waals surface area contributed by atoms with E-state index < -0.39 is 6.10 Å². The van der Waals surface area contributed by atoms with Crippen LogP contribution in [0.2, 0.25) is 0 Å². The Balaban J connectivity index is 2.71. The number of hydrogen-bond donors (Lipinski definition) is 2. The molecule has 0 aliphatic heterocycles. The molecule has 1 atom stereocenters. The average molecular weight is 202 g/mol. The molecule has 0 fully saturated rings. The Labute approximate surface area is 88.8 Å². The minimum Gasteiger partial charge on any atom is -0.507 e. The maximum absolute atomic E-state index is 9.84. The predicted molar refractivity (Wildman–Crippen MR) is 60.9 cm³/mol. The third-order valence-electron chi connectivity index (χ3n) is 2.68. The molecule has 0 aliphatic carbocycles. The van der Waals surface area contributed by atoms with Crippen LogP contribution in [0.1, 0.15) is 25.0 Å². The van der Waals surface area contributed by atoms with Gasteiger partial charge in [-0.2, -0.15) is 0 Å². The van der Waals surface area contributed by atoms with Crippen molar-refractivity contribution in [3.05, 3.63) is 42.0 Å². The van der Waals surface area contributed by atoms with Gasteiger partial charge in [0.1, 0.15) is 5.75 Å². The highest BCUT2D eigenvalue weighted by atomic mass is 16.3. The molecule has 0 heterocycles. The molecule has 2 rings (SSSR count). The molecule has 15 heavy (non-hydrogen) atoms. The molecule has 0 saturated heterocycles. The number of phenolic OH excluding ortho intramolecular Hbond substituents is 1. The van der Waals surface area contributed by atoms with E-state index in [0.29, 0.717) is 6.42 Å². The second-order valence-corrected chi connectivity index (χ2v) is 3.64. The minimum atomic E-state index is -0.463. The van der Waals surface area contributed by atoms with Crippen LogP contribution in [-0.4, -0.2) is 10.2 Å². The quantitative estimate of drug-likeness (QED) is 0.786. The third kappa shape index (κ3) is 1.68. The van der Waals surface area contributed by atoms with Gasteiger partial charge in [-0.05, 0) is 23.4 Å². The Morgan fingerprint density at radius 1 is 1.07 bits per heavy atom. The van der Waals surface area contributed by atoms with E-state index in [9.17, 15) is 10.2 Å². The van der Waals surface area contributed by atoms with Crippen LogP contribution in [0.4, 0.5) is 0 Å². The van der Waals surface area contributed by atoms with Crippen molar-refractivity contribution in [2.24, 2.45) is 0 Å². The highest BCUT2D eigenvalue weighted by molar-refractivity contribution is 5.91. The summed E-state index contributed by atoms with van der Waals surface area (Å²) in [7, 11) is 0. The number of fused-ring (bicyclic) bond motifs is 1. The van der Waals surface area contributed by atoms with Crippen molar-refractivity contribution >= 4 is 10.8 Å². The first kappa shape index (κ1) is 9.99. The van der Waals surface area contributed by atoms with E-state index in [1.165, 1.54) is 0 Å². The fraction of sp³-hybridized carbons (Fsp3) is 0.231. The normalized spacial score (nSPS) is 12.9. The van der Waals surface area contributed by atoms with Gasteiger partial charge >= 0.3 is 0 Å². The summed E-state index contributed by atoms with van der Waals surface area (Å²) >= 11 is 0. The fourth-order valence-electron chi connectivity index (χ4n) is 1.82. The molecule has 78 valence electrons. The predicted octanol–water partition coefficient (Wildman–Crippen LogP) is 2.99. The largest absolute Gasteiger partial charge is 0.507 e. The summed E-state index contributed by atoms with van der Waals surface area (Å²) in [6, 6.07) is 11.0. The lowest BCUT2D eigenvalue weighted by Crippen LogP contribution is -1.96. The monoisotopic (exact) mass is 202 g/mol. The van der Waals surface area contributed by atoms with Gasteiger partial charge in [0.2, 0.25) is 0 Å². The molecule has 2 N–H and O–H groups in total. The smallest absolute Gasteiger partial charge is 0.123 e. The van der Waals surface area contributed by atoms with E-state index in [1.807, 2.05) is 31.2 Å². The molecular formula is C13H14O2. The highest BCUT2D eigenvalue weighted by Gasteiger charge is 2.10. The maximum Gasteiger partial charge on any atom is 0.123 e. The highest BCUT2D eigenvalue weighted by Crippen LogP contribution is 2.31. The van der Waals surface area contributed by atoms with Crippen molar-refractivity contribution in [2.45, 2.75) is 19.4 Å². The second kappa shape index (κ2) is 3.91. The number of rotatable bonds is 2. The summed E-state index contributed by atoms with van der Waals surface area (Å²) in [5.41, 5.74) is 0.880. The zero-order valence-corrected chi connectivity index (χ0v) is 8.64. The zero-order chi connectivity index (χ0) is 10.8. The van der Waals surface area contributed by atoms with E-state index in [4.69, 9.17) is 0 Å². The molecule has 0 spiro atoms. The van der Waals surface area contributed by atoms with Crippen molar-refractivity contribution in [1.29, 1.82) is 0 Å². The van der Waals surface area contributed by atoms with E-state index >= 15 is 0 Å². The topological polar surface area (TPSA) is 40.5 Å².